The molecule has 0 aromatic carbocycles. The monoisotopic (exact) mass is 226 g/mol. The lowest BCUT2D eigenvalue weighted by molar-refractivity contribution is -0.137. The summed E-state index contributed by atoms with van der Waals surface area (Å²) in [6, 6.07) is 0.594. The second kappa shape index (κ2) is 6.89. The Kier molecular flexibility index (Phi) is 5.81. The van der Waals surface area contributed by atoms with E-state index in [1.54, 1.807) is 0 Å². The van der Waals surface area contributed by atoms with E-state index in [9.17, 15) is 4.79 Å². The molecular weight excluding hydrogens is 200 g/mol. The summed E-state index contributed by atoms with van der Waals surface area (Å²) >= 11 is 0. The van der Waals surface area contributed by atoms with Gasteiger partial charge in [-0.05, 0) is 39.7 Å². The molecule has 1 aliphatic heterocycles. The summed E-state index contributed by atoms with van der Waals surface area (Å²) in [4.78, 5) is 13.9. The van der Waals surface area contributed by atoms with E-state index in [1.807, 2.05) is 7.05 Å². The normalized spacial score (nSPS) is 23.6. The molecule has 1 fully saturated rings. The van der Waals surface area contributed by atoms with Gasteiger partial charge in [0.15, 0.2) is 0 Å². The molecule has 94 valence electrons. The van der Waals surface area contributed by atoms with Crippen molar-refractivity contribution in [2.45, 2.75) is 52.0 Å². The standard InChI is InChI=1S/C13H26N2O/c1-11-7-6-10-15(13(11)16)9-5-4-8-12(2)14-3/h11-12,14H,4-10H2,1-3H3. The summed E-state index contributed by atoms with van der Waals surface area (Å²) in [5.74, 6) is 0.623. The van der Waals surface area contributed by atoms with Crippen LogP contribution in [0.15, 0.2) is 0 Å². The lowest BCUT2D eigenvalue weighted by atomic mass is 9.99. The average Bonchev–Trinajstić information content (AvgIpc) is 2.29. The summed E-state index contributed by atoms with van der Waals surface area (Å²) in [5.41, 5.74) is 0. The number of amides is 1. The zero-order chi connectivity index (χ0) is 12.0. The number of likely N-dealkylation sites (tertiary alicyclic amines) is 1. The third-order valence-corrected chi connectivity index (χ3v) is 3.61. The van der Waals surface area contributed by atoms with Crippen molar-refractivity contribution < 1.29 is 4.79 Å². The highest BCUT2D eigenvalue weighted by Crippen LogP contribution is 2.17. The van der Waals surface area contributed by atoms with Gasteiger partial charge in [0.05, 0.1) is 0 Å². The van der Waals surface area contributed by atoms with Gasteiger partial charge in [-0.3, -0.25) is 4.79 Å². The molecule has 0 spiro atoms. The Hall–Kier alpha value is -0.570. The van der Waals surface area contributed by atoms with Gasteiger partial charge in [-0.1, -0.05) is 13.3 Å². The maximum Gasteiger partial charge on any atom is 0.225 e. The van der Waals surface area contributed by atoms with E-state index in [0.717, 1.165) is 25.9 Å². The summed E-state index contributed by atoms with van der Waals surface area (Å²) in [6.45, 7) is 6.19. The largest absolute Gasteiger partial charge is 0.342 e. The van der Waals surface area contributed by atoms with Crippen molar-refractivity contribution in [3.05, 3.63) is 0 Å². The predicted molar refractivity (Wildman–Crippen MR) is 67.4 cm³/mol. The fourth-order valence-corrected chi connectivity index (χ4v) is 2.25. The number of nitrogens with zero attached hydrogens (tertiary/aromatic N) is 1. The van der Waals surface area contributed by atoms with Crippen LogP contribution in [0, 0.1) is 5.92 Å². The maximum absolute atomic E-state index is 11.8. The minimum atomic E-state index is 0.255. The lowest BCUT2D eigenvalue weighted by Crippen LogP contribution is -2.40. The molecule has 0 radical (unpaired) electrons. The smallest absolute Gasteiger partial charge is 0.225 e. The van der Waals surface area contributed by atoms with E-state index in [1.165, 1.54) is 19.3 Å². The Bertz CT molecular complexity index is 218. The van der Waals surface area contributed by atoms with Crippen LogP contribution in [0.5, 0.6) is 0 Å². The lowest BCUT2D eigenvalue weighted by Gasteiger charge is -2.30. The van der Waals surface area contributed by atoms with E-state index in [2.05, 4.69) is 24.1 Å². The van der Waals surface area contributed by atoms with E-state index in [4.69, 9.17) is 0 Å². The number of rotatable bonds is 6. The van der Waals surface area contributed by atoms with E-state index < -0.39 is 0 Å². The van der Waals surface area contributed by atoms with Crippen molar-refractivity contribution in [2.75, 3.05) is 20.1 Å². The molecule has 1 heterocycles. The minimum Gasteiger partial charge on any atom is -0.342 e. The van der Waals surface area contributed by atoms with Crippen molar-refractivity contribution in [1.82, 2.24) is 10.2 Å². The molecule has 1 saturated heterocycles. The Labute approximate surface area is 99.6 Å². The van der Waals surface area contributed by atoms with Gasteiger partial charge < -0.3 is 10.2 Å². The number of nitrogens with one attached hydrogen (secondary N) is 1. The SMILES string of the molecule is CNC(C)CCCCN1CCCC(C)C1=O. The second-order valence-electron chi connectivity index (χ2n) is 5.05. The van der Waals surface area contributed by atoms with E-state index in [-0.39, 0.29) is 5.92 Å². The van der Waals surface area contributed by atoms with Gasteiger partial charge in [-0.2, -0.15) is 0 Å². The molecule has 2 unspecified atom stereocenters. The zero-order valence-electron chi connectivity index (χ0n) is 11.0. The number of carbonyl (C=O) groups is 1. The van der Waals surface area contributed by atoms with Gasteiger partial charge >= 0.3 is 0 Å². The molecule has 1 N–H and O–H groups in total. The molecule has 0 bridgehead atoms. The van der Waals surface area contributed by atoms with Crippen LogP contribution in [-0.2, 0) is 4.79 Å². The van der Waals surface area contributed by atoms with Crippen LogP contribution in [0.3, 0.4) is 0 Å². The molecule has 0 aromatic rings. The first kappa shape index (κ1) is 13.5. The molecule has 1 aliphatic rings. The van der Waals surface area contributed by atoms with Crippen molar-refractivity contribution in [1.29, 1.82) is 0 Å². The quantitative estimate of drug-likeness (QED) is 0.703. The van der Waals surface area contributed by atoms with Crippen LogP contribution < -0.4 is 5.32 Å². The first-order valence-electron chi connectivity index (χ1n) is 6.61. The van der Waals surface area contributed by atoms with Gasteiger partial charge in [0.25, 0.3) is 0 Å². The molecule has 2 atom stereocenters. The van der Waals surface area contributed by atoms with Crippen LogP contribution in [0.1, 0.15) is 46.0 Å². The highest BCUT2D eigenvalue weighted by molar-refractivity contribution is 5.79. The number of carbonyl (C=O) groups excluding carboxylic acids is 1. The average molecular weight is 226 g/mol. The second-order valence-corrected chi connectivity index (χ2v) is 5.05. The first-order chi connectivity index (χ1) is 7.65. The molecular formula is C13H26N2O. The molecule has 1 amide bonds. The van der Waals surface area contributed by atoms with Crippen LogP contribution in [0.2, 0.25) is 0 Å². The third-order valence-electron chi connectivity index (χ3n) is 3.61. The molecule has 0 aromatic heterocycles. The summed E-state index contributed by atoms with van der Waals surface area (Å²) in [5, 5.41) is 3.24. The fraction of sp³-hybridized carbons (Fsp3) is 0.923. The van der Waals surface area contributed by atoms with Crippen LogP contribution in [0.25, 0.3) is 0 Å². The molecule has 3 heteroatoms. The van der Waals surface area contributed by atoms with Crippen molar-refractivity contribution in [3.63, 3.8) is 0 Å². The Morgan fingerprint density at radius 1 is 1.50 bits per heavy atom. The number of unbranched alkanes of at least 4 members (excludes halogenated alkanes) is 1. The number of hydrogen-bond donors (Lipinski definition) is 1. The van der Waals surface area contributed by atoms with Gasteiger partial charge in [-0.25, -0.2) is 0 Å². The van der Waals surface area contributed by atoms with Crippen molar-refractivity contribution >= 4 is 5.91 Å². The molecule has 16 heavy (non-hydrogen) atoms. The summed E-state index contributed by atoms with van der Waals surface area (Å²) in [6.07, 6.45) is 5.81. The van der Waals surface area contributed by atoms with Gasteiger partial charge in [0.2, 0.25) is 5.91 Å². The molecule has 3 nitrogen and oxygen atoms in total. The number of piperidine rings is 1. The van der Waals surface area contributed by atoms with Gasteiger partial charge in [0, 0.05) is 25.0 Å². The topological polar surface area (TPSA) is 32.3 Å². The van der Waals surface area contributed by atoms with Crippen molar-refractivity contribution in [2.24, 2.45) is 5.92 Å². The zero-order valence-corrected chi connectivity index (χ0v) is 11.0. The van der Waals surface area contributed by atoms with Gasteiger partial charge in [-0.15, -0.1) is 0 Å². The third kappa shape index (κ3) is 4.12. The first-order valence-corrected chi connectivity index (χ1v) is 6.61. The number of hydrogen-bond acceptors (Lipinski definition) is 2. The van der Waals surface area contributed by atoms with E-state index in [0.29, 0.717) is 11.9 Å². The Balaban J connectivity index is 2.14. The Morgan fingerprint density at radius 3 is 2.94 bits per heavy atom. The highest BCUT2D eigenvalue weighted by Gasteiger charge is 2.24. The molecule has 1 rings (SSSR count). The van der Waals surface area contributed by atoms with Crippen molar-refractivity contribution in [3.8, 4) is 0 Å². The van der Waals surface area contributed by atoms with Crippen LogP contribution >= 0.6 is 0 Å². The van der Waals surface area contributed by atoms with Crippen LogP contribution in [0.4, 0.5) is 0 Å². The van der Waals surface area contributed by atoms with E-state index >= 15 is 0 Å². The predicted octanol–water partition coefficient (Wildman–Crippen LogP) is 2.02. The highest BCUT2D eigenvalue weighted by atomic mass is 16.2. The minimum absolute atomic E-state index is 0.255. The Morgan fingerprint density at radius 2 is 2.25 bits per heavy atom. The summed E-state index contributed by atoms with van der Waals surface area (Å²) in [7, 11) is 2.00. The molecule has 0 aliphatic carbocycles. The van der Waals surface area contributed by atoms with Gasteiger partial charge in [0.1, 0.15) is 0 Å². The van der Waals surface area contributed by atoms with Crippen LogP contribution in [-0.4, -0.2) is 37.0 Å². The maximum atomic E-state index is 11.8. The molecule has 0 saturated carbocycles. The summed E-state index contributed by atoms with van der Waals surface area (Å²) < 4.78 is 0. The fourth-order valence-electron chi connectivity index (χ4n) is 2.25.